The van der Waals surface area contributed by atoms with Gasteiger partial charge < -0.3 is 15.0 Å². The molecule has 1 amide bonds. The van der Waals surface area contributed by atoms with Crippen molar-refractivity contribution in [2.75, 3.05) is 6.54 Å². The zero-order valence-corrected chi connectivity index (χ0v) is 15.9. The fraction of sp³-hybridized carbons (Fsp3) is 0.190. The highest BCUT2D eigenvalue weighted by atomic mass is 32.1. The summed E-state index contributed by atoms with van der Waals surface area (Å²) in [5.41, 5.74) is 1.50. The molecule has 1 aliphatic heterocycles. The lowest BCUT2D eigenvalue weighted by atomic mass is 9.97. The van der Waals surface area contributed by atoms with E-state index in [0.717, 1.165) is 11.4 Å². The number of Topliss-reactive ketones (excluding diaryl/α,β-unsaturated/α-hetero) is 1. The summed E-state index contributed by atoms with van der Waals surface area (Å²) in [4.78, 5) is 34.4. The molecule has 142 valence electrons. The second-order valence-corrected chi connectivity index (χ2v) is 7.33. The van der Waals surface area contributed by atoms with Crippen LogP contribution in [0, 0.1) is 0 Å². The van der Waals surface area contributed by atoms with E-state index in [0.29, 0.717) is 24.9 Å². The number of carbonyl (C=O) groups is 2. The van der Waals surface area contributed by atoms with Crippen molar-refractivity contribution in [2.24, 2.45) is 0 Å². The number of aryl methyl sites for hydroxylation is 1. The fourth-order valence-electron chi connectivity index (χ4n) is 3.49. The summed E-state index contributed by atoms with van der Waals surface area (Å²) in [7, 11) is 0. The molecule has 7 heteroatoms. The molecular weight excluding hydrogens is 374 g/mol. The standard InChI is InChI=1S/C21H19N3O3S/c25-19(14-5-2-1-3-6-14)17-18(15-8-12-28-13-15)24(21(27)20(17)26)11-4-7-16-22-9-10-23-16/h1-3,5-6,8-10,12-13,18,25H,4,7,11H2,(H,22,23)/b19-17+. The van der Waals surface area contributed by atoms with E-state index < -0.39 is 17.7 Å². The molecule has 0 saturated carbocycles. The summed E-state index contributed by atoms with van der Waals surface area (Å²) in [6.07, 6.45) is 4.77. The van der Waals surface area contributed by atoms with Gasteiger partial charge in [-0.3, -0.25) is 9.59 Å². The van der Waals surface area contributed by atoms with E-state index in [4.69, 9.17) is 0 Å². The van der Waals surface area contributed by atoms with Crippen molar-refractivity contribution in [3.8, 4) is 0 Å². The fourth-order valence-corrected chi connectivity index (χ4v) is 4.17. The summed E-state index contributed by atoms with van der Waals surface area (Å²) in [5, 5.41) is 14.7. The number of amides is 1. The highest BCUT2D eigenvalue weighted by Gasteiger charge is 2.45. The van der Waals surface area contributed by atoms with Gasteiger partial charge in [0, 0.05) is 30.9 Å². The molecule has 1 atom stereocenters. The van der Waals surface area contributed by atoms with E-state index in [1.807, 2.05) is 22.9 Å². The molecule has 0 bridgehead atoms. The van der Waals surface area contributed by atoms with Gasteiger partial charge in [-0.25, -0.2) is 4.98 Å². The SMILES string of the molecule is O=C1C(=O)N(CCCc2ncc[nH]2)C(c2ccsc2)/C1=C(\O)c1ccccc1. The molecule has 1 fully saturated rings. The van der Waals surface area contributed by atoms with Gasteiger partial charge in [-0.1, -0.05) is 30.3 Å². The van der Waals surface area contributed by atoms with Gasteiger partial charge in [0.2, 0.25) is 0 Å². The van der Waals surface area contributed by atoms with Crippen molar-refractivity contribution >= 4 is 28.8 Å². The van der Waals surface area contributed by atoms with Crippen LogP contribution in [0.3, 0.4) is 0 Å². The predicted octanol–water partition coefficient (Wildman–Crippen LogP) is 3.53. The number of nitrogens with one attached hydrogen (secondary N) is 1. The Morgan fingerprint density at radius 3 is 2.71 bits per heavy atom. The number of ketones is 1. The van der Waals surface area contributed by atoms with Crippen molar-refractivity contribution < 1.29 is 14.7 Å². The van der Waals surface area contributed by atoms with Crippen LogP contribution in [0.5, 0.6) is 0 Å². The molecule has 0 radical (unpaired) electrons. The first kappa shape index (κ1) is 18.2. The number of aromatic amines is 1. The minimum Gasteiger partial charge on any atom is -0.507 e. The number of hydrogen-bond acceptors (Lipinski definition) is 5. The Labute approximate surface area is 166 Å². The minimum absolute atomic E-state index is 0.135. The number of likely N-dealkylation sites (tertiary alicyclic amines) is 1. The second kappa shape index (κ2) is 7.82. The number of rotatable bonds is 6. The number of carbonyl (C=O) groups excluding carboxylic acids is 2. The topological polar surface area (TPSA) is 86.3 Å². The van der Waals surface area contributed by atoms with Crippen LogP contribution in [0.2, 0.25) is 0 Å². The quantitative estimate of drug-likeness (QED) is 0.381. The van der Waals surface area contributed by atoms with Gasteiger partial charge >= 0.3 is 0 Å². The van der Waals surface area contributed by atoms with E-state index in [-0.39, 0.29) is 11.3 Å². The number of aromatic nitrogens is 2. The highest BCUT2D eigenvalue weighted by molar-refractivity contribution is 7.08. The maximum atomic E-state index is 12.8. The van der Waals surface area contributed by atoms with Crippen LogP contribution >= 0.6 is 11.3 Å². The van der Waals surface area contributed by atoms with E-state index in [1.165, 1.54) is 11.3 Å². The molecule has 3 heterocycles. The van der Waals surface area contributed by atoms with Gasteiger partial charge in [-0.15, -0.1) is 0 Å². The highest BCUT2D eigenvalue weighted by Crippen LogP contribution is 2.40. The molecule has 0 aliphatic carbocycles. The van der Waals surface area contributed by atoms with Crippen LogP contribution in [0.1, 0.15) is 29.4 Å². The average molecular weight is 393 g/mol. The van der Waals surface area contributed by atoms with Crippen LogP contribution in [0.25, 0.3) is 5.76 Å². The summed E-state index contributed by atoms with van der Waals surface area (Å²) in [6.45, 7) is 0.400. The maximum Gasteiger partial charge on any atom is 0.295 e. The first-order valence-electron chi connectivity index (χ1n) is 9.01. The molecule has 1 aliphatic rings. The summed E-state index contributed by atoms with van der Waals surface area (Å²) in [5.74, 6) is -0.514. The van der Waals surface area contributed by atoms with Gasteiger partial charge in [-0.05, 0) is 28.8 Å². The summed E-state index contributed by atoms with van der Waals surface area (Å²) in [6, 6.07) is 10.2. The number of benzene rings is 1. The average Bonchev–Trinajstić information content (AvgIpc) is 3.46. The Hall–Kier alpha value is -3.19. The van der Waals surface area contributed by atoms with Gasteiger partial charge in [0.05, 0.1) is 11.6 Å². The summed E-state index contributed by atoms with van der Waals surface area (Å²) >= 11 is 1.49. The van der Waals surface area contributed by atoms with Crippen LogP contribution in [0.4, 0.5) is 0 Å². The lowest BCUT2D eigenvalue weighted by Gasteiger charge is -2.24. The second-order valence-electron chi connectivity index (χ2n) is 6.55. The van der Waals surface area contributed by atoms with Crippen LogP contribution in [-0.2, 0) is 16.0 Å². The Kier molecular flexibility index (Phi) is 5.08. The zero-order valence-electron chi connectivity index (χ0n) is 15.0. The third kappa shape index (κ3) is 3.36. The number of H-pyrrole nitrogens is 1. The first-order chi connectivity index (χ1) is 13.7. The molecule has 3 aromatic rings. The van der Waals surface area contributed by atoms with Crippen LogP contribution in [-0.4, -0.2) is 38.2 Å². The molecule has 6 nitrogen and oxygen atoms in total. The molecule has 1 saturated heterocycles. The number of thiophene rings is 1. The Morgan fingerprint density at radius 2 is 2.04 bits per heavy atom. The van der Waals surface area contributed by atoms with Crippen molar-refractivity contribution in [3.63, 3.8) is 0 Å². The molecule has 1 aromatic carbocycles. The third-order valence-electron chi connectivity index (χ3n) is 4.81. The Bertz CT molecular complexity index is 995. The summed E-state index contributed by atoms with van der Waals surface area (Å²) < 4.78 is 0. The van der Waals surface area contributed by atoms with Crippen molar-refractivity contribution in [2.45, 2.75) is 18.9 Å². The predicted molar refractivity (Wildman–Crippen MR) is 107 cm³/mol. The lowest BCUT2D eigenvalue weighted by Crippen LogP contribution is -2.30. The number of imidazole rings is 1. The molecule has 2 aromatic heterocycles. The van der Waals surface area contributed by atoms with Crippen molar-refractivity contribution in [3.05, 3.63) is 82.1 Å². The molecular formula is C21H19N3O3S. The molecule has 2 N–H and O–H groups in total. The Morgan fingerprint density at radius 1 is 1.21 bits per heavy atom. The smallest absolute Gasteiger partial charge is 0.295 e. The number of aliphatic hydroxyl groups excluding tert-OH is 1. The zero-order chi connectivity index (χ0) is 19.5. The third-order valence-corrected chi connectivity index (χ3v) is 5.52. The van der Waals surface area contributed by atoms with E-state index in [1.54, 1.807) is 41.6 Å². The maximum absolute atomic E-state index is 12.8. The number of hydrogen-bond donors (Lipinski definition) is 2. The number of aliphatic hydroxyl groups is 1. The normalized spacial score (nSPS) is 18.7. The van der Waals surface area contributed by atoms with Gasteiger partial charge in [0.25, 0.3) is 11.7 Å². The minimum atomic E-state index is -0.643. The van der Waals surface area contributed by atoms with Crippen molar-refractivity contribution in [1.29, 1.82) is 0 Å². The molecule has 1 unspecified atom stereocenters. The van der Waals surface area contributed by atoms with Crippen LogP contribution < -0.4 is 0 Å². The molecule has 0 spiro atoms. The largest absolute Gasteiger partial charge is 0.507 e. The van der Waals surface area contributed by atoms with E-state index in [2.05, 4.69) is 9.97 Å². The lowest BCUT2D eigenvalue weighted by molar-refractivity contribution is -0.139. The molecule has 28 heavy (non-hydrogen) atoms. The number of nitrogens with zero attached hydrogens (tertiary/aromatic N) is 2. The van der Waals surface area contributed by atoms with Gasteiger partial charge in [0.15, 0.2) is 0 Å². The van der Waals surface area contributed by atoms with Crippen LogP contribution in [0.15, 0.2) is 65.1 Å². The van der Waals surface area contributed by atoms with E-state index in [9.17, 15) is 14.7 Å². The molecule has 4 rings (SSSR count). The first-order valence-corrected chi connectivity index (χ1v) is 9.95. The monoisotopic (exact) mass is 393 g/mol. The van der Waals surface area contributed by atoms with Gasteiger partial charge in [0.1, 0.15) is 11.6 Å². The Balaban J connectivity index is 1.68. The van der Waals surface area contributed by atoms with E-state index >= 15 is 0 Å². The van der Waals surface area contributed by atoms with Crippen molar-refractivity contribution in [1.82, 2.24) is 14.9 Å². The van der Waals surface area contributed by atoms with Gasteiger partial charge in [-0.2, -0.15) is 11.3 Å².